The molecule has 12 aromatic rings. The van der Waals surface area contributed by atoms with Crippen LogP contribution < -0.4 is 0 Å². The predicted octanol–water partition coefficient (Wildman–Crippen LogP) is 36.8. The summed E-state index contributed by atoms with van der Waals surface area (Å²) >= 11 is 0. The summed E-state index contributed by atoms with van der Waals surface area (Å²) in [4.78, 5) is 0. The van der Waals surface area contributed by atoms with Crippen LogP contribution in [0.5, 0.6) is 0 Å². The molecular weight excluding hydrogens is 1630 g/mol. The summed E-state index contributed by atoms with van der Waals surface area (Å²) in [6, 6.07) is 27.1. The molecule has 12 atom stereocenters. The lowest BCUT2D eigenvalue weighted by molar-refractivity contribution is 0.441. The van der Waals surface area contributed by atoms with Crippen molar-refractivity contribution in [3.8, 4) is 0 Å². The van der Waals surface area contributed by atoms with E-state index in [9.17, 15) is 0 Å². The van der Waals surface area contributed by atoms with E-state index in [1.807, 2.05) is 203 Å². The van der Waals surface area contributed by atoms with Gasteiger partial charge in [-0.25, -0.2) is 0 Å². The van der Waals surface area contributed by atoms with Crippen LogP contribution in [0.1, 0.15) is 441 Å². The molecule has 12 heteroatoms. The number of hydrogen-bond acceptors (Lipinski definition) is 6. The maximum Gasteiger partial charge on any atom is 0.0690 e. The Labute approximate surface area is 817 Å². The number of benzene rings is 6. The Morgan fingerprint density at radius 1 is 0.231 bits per heavy atom. The summed E-state index contributed by atoms with van der Waals surface area (Å²) in [6.07, 6.45) is 49.0. The molecule has 6 N–H and O–H groups in total. The Balaban J connectivity index is 0.000000210. The van der Waals surface area contributed by atoms with Crippen LogP contribution in [0.2, 0.25) is 0 Å². The highest BCUT2D eigenvalue weighted by molar-refractivity contribution is 5.88. The van der Waals surface area contributed by atoms with Gasteiger partial charge in [0.25, 0.3) is 0 Å². The molecule has 12 aliphatic rings. The molecule has 0 amide bonds. The summed E-state index contributed by atoms with van der Waals surface area (Å²) in [5.41, 5.74) is 27.3. The number of aromatic amines is 6. The first-order valence-electron chi connectivity index (χ1n) is 55.7. The third-order valence-electron chi connectivity index (χ3n) is 33.1. The van der Waals surface area contributed by atoms with Gasteiger partial charge >= 0.3 is 0 Å². The Kier molecular flexibility index (Phi) is 44.1. The van der Waals surface area contributed by atoms with Crippen molar-refractivity contribution >= 4 is 65.4 Å². The highest BCUT2D eigenvalue weighted by atomic mass is 15.1. The zero-order chi connectivity index (χ0) is 99.4. The fourth-order valence-corrected chi connectivity index (χ4v) is 28.4. The molecule has 6 aromatic carbocycles. The van der Waals surface area contributed by atoms with Gasteiger partial charge in [0.1, 0.15) is 0 Å². The lowest BCUT2D eigenvalue weighted by Crippen LogP contribution is -2.20. The number of H-pyrrole nitrogens is 6. The van der Waals surface area contributed by atoms with Crippen LogP contribution >= 0.6 is 0 Å². The van der Waals surface area contributed by atoms with E-state index in [0.29, 0.717) is 32.5 Å². The standard InChI is InChI=1S/4C17H22N2.2C15H18N2.12C2H6/c1-11-6-15(14-10-18-19-16(14)7-11)17(2)8-12-4-3-5-13(12)9-17;1-11-6-14-10-18-19-16(14)15(7-11)17(2)8-12-4-3-5-13(12)9-17;1-11-6-7-15-14(10-18-19-15)16(11)17(2)8-12-4-3-5-13(12)9-17;1-11-6-7-14-10-18-19-16(14)15(11)17(2)8-12-4-3-5-13(12)9-17;1-9-6-13(10-8-16-17-14(10)7-9)15(2)11-4-3-5-12(11)15;1-9-6-7-13-10(8-16-17-13)14(9)15(2)11-4-3-5-12(11)15;12*1-2/h4*6-7,10,12-13H,3-5,8-9H2,1-2H3,(H,18,19);2*6-8,11-12H,3-5H2,1-2H3,(H,16,17);12*1-2H3. The molecule has 12 nitrogen and oxygen atoms in total. The van der Waals surface area contributed by atoms with E-state index < -0.39 is 0 Å². The average molecular weight is 1830 g/mol. The topological polar surface area (TPSA) is 172 Å². The van der Waals surface area contributed by atoms with E-state index in [0.717, 1.165) is 71.0 Å². The van der Waals surface area contributed by atoms with Gasteiger partial charge < -0.3 is 0 Å². The number of aryl methyl sites for hydroxylation is 6. The van der Waals surface area contributed by atoms with Crippen molar-refractivity contribution in [2.45, 2.75) is 449 Å². The molecule has 744 valence electrons. The summed E-state index contributed by atoms with van der Waals surface area (Å²) in [5.74, 6) is 11.5. The number of rotatable bonds is 6. The van der Waals surface area contributed by atoms with Crippen molar-refractivity contribution in [3.63, 3.8) is 0 Å². The molecule has 12 saturated carbocycles. The lowest BCUT2D eigenvalue weighted by atomic mass is 9.75. The molecule has 12 aliphatic carbocycles. The highest BCUT2D eigenvalue weighted by Crippen LogP contribution is 2.70. The molecule has 0 aliphatic heterocycles. The van der Waals surface area contributed by atoms with E-state index in [1.54, 1.807) is 11.1 Å². The summed E-state index contributed by atoms with van der Waals surface area (Å²) in [5, 5.41) is 52.3. The third-order valence-corrected chi connectivity index (χ3v) is 33.1. The van der Waals surface area contributed by atoms with Crippen LogP contribution in [-0.4, -0.2) is 61.2 Å². The van der Waals surface area contributed by atoms with Gasteiger partial charge in [0.15, 0.2) is 0 Å². The molecule has 24 rings (SSSR count). The first-order chi connectivity index (χ1) is 65.1. The van der Waals surface area contributed by atoms with Gasteiger partial charge in [0, 0.05) is 32.3 Å². The van der Waals surface area contributed by atoms with Crippen molar-refractivity contribution in [1.82, 2.24) is 61.2 Å². The highest BCUT2D eigenvalue weighted by Gasteiger charge is 2.65. The van der Waals surface area contributed by atoms with E-state index in [4.69, 9.17) is 0 Å². The van der Waals surface area contributed by atoms with Gasteiger partial charge in [-0.1, -0.05) is 346 Å². The monoisotopic (exact) mass is 1830 g/mol. The SMILES string of the molecule is CC.CC.CC.CC.CC.CC.CC.CC.CC.CC.CC.CC.Cc1cc(C2(C)C3CCCC32)c2cn[nH]c2c1.Cc1cc(C2(C)CC3CCCC3C2)c2[nH]ncc2c1.Cc1cc(C2(C)CC3CCCC3C2)c2cn[nH]c2c1.Cc1ccc2[nH]ncc2c1C1(C)C2CCCC21.Cc1ccc2[nH]ncc2c1C1(C)CC2CCCC2C1.Cc1ccc2cn[nH]c2c1C1(C)CC2CCCC2C1. The maximum absolute atomic E-state index is 4.25. The maximum atomic E-state index is 4.25. The molecule has 6 aromatic heterocycles. The first-order valence-corrected chi connectivity index (χ1v) is 55.7. The van der Waals surface area contributed by atoms with Gasteiger partial charge in [-0.3, -0.25) is 30.6 Å². The van der Waals surface area contributed by atoms with Crippen molar-refractivity contribution in [3.05, 3.63) is 177 Å². The number of aromatic nitrogens is 12. The van der Waals surface area contributed by atoms with Gasteiger partial charge in [0.05, 0.1) is 70.3 Å². The van der Waals surface area contributed by atoms with Crippen molar-refractivity contribution < 1.29 is 0 Å². The second-order valence-electron chi connectivity index (χ2n) is 40.2. The summed E-state index contributed by atoms with van der Waals surface area (Å²) < 4.78 is 0. The van der Waals surface area contributed by atoms with Crippen LogP contribution in [0.15, 0.2) is 110 Å². The van der Waals surface area contributed by atoms with Crippen molar-refractivity contribution in [2.75, 3.05) is 0 Å². The largest absolute Gasteiger partial charge is 0.278 e. The third kappa shape index (κ3) is 23.5. The molecule has 0 saturated heterocycles. The molecule has 0 bridgehead atoms. The fourth-order valence-electron chi connectivity index (χ4n) is 28.4. The molecule has 12 unspecified atom stereocenters. The van der Waals surface area contributed by atoms with E-state index in [2.05, 4.69) is 217 Å². The quantitative estimate of drug-likeness (QED) is 0.0967. The lowest BCUT2D eigenvalue weighted by Gasteiger charge is -2.28. The second kappa shape index (κ2) is 52.2. The second-order valence-corrected chi connectivity index (χ2v) is 40.2. The van der Waals surface area contributed by atoms with Crippen LogP contribution in [0.3, 0.4) is 0 Å². The molecule has 0 spiro atoms. The van der Waals surface area contributed by atoms with Crippen LogP contribution in [0, 0.1) is 113 Å². The smallest absolute Gasteiger partial charge is 0.0690 e. The number of fused-ring (bicyclic) bond motifs is 12. The predicted molar refractivity (Wildman–Crippen MR) is 587 cm³/mol. The molecular formula is C122H196N12. The molecule has 12 fully saturated rings. The minimum atomic E-state index is 0.353. The minimum absolute atomic E-state index is 0.353. The van der Waals surface area contributed by atoms with Crippen LogP contribution in [0.4, 0.5) is 0 Å². The van der Waals surface area contributed by atoms with Gasteiger partial charge in [-0.15, -0.1) is 0 Å². The summed E-state index contributed by atoms with van der Waals surface area (Å²) in [6.45, 7) is 76.2. The van der Waals surface area contributed by atoms with Gasteiger partial charge in [-0.05, 0) is 314 Å². The van der Waals surface area contributed by atoms with Gasteiger partial charge in [0.2, 0.25) is 0 Å². The average Bonchev–Trinajstić information content (AvgIpc) is 1.52. The Morgan fingerprint density at radius 3 is 0.918 bits per heavy atom. The summed E-state index contributed by atoms with van der Waals surface area (Å²) in [7, 11) is 0. The molecule has 134 heavy (non-hydrogen) atoms. The Hall–Kier alpha value is -7.86. The molecule has 6 heterocycles. The molecule has 0 radical (unpaired) electrons. The van der Waals surface area contributed by atoms with Gasteiger partial charge in [-0.2, -0.15) is 30.6 Å². The Bertz CT molecular complexity index is 5120. The van der Waals surface area contributed by atoms with Crippen molar-refractivity contribution in [1.29, 1.82) is 0 Å². The first kappa shape index (κ1) is 113. The van der Waals surface area contributed by atoms with E-state index in [1.165, 1.54) is 288 Å². The normalized spacial score (nSPS) is 28.7. The van der Waals surface area contributed by atoms with E-state index in [-0.39, 0.29) is 0 Å². The van der Waals surface area contributed by atoms with Crippen LogP contribution in [-0.2, 0) is 32.5 Å². The zero-order valence-corrected chi connectivity index (χ0v) is 92.4. The number of nitrogens with one attached hydrogen (secondary N) is 6. The zero-order valence-electron chi connectivity index (χ0n) is 92.4. The number of hydrogen-bond donors (Lipinski definition) is 6. The number of nitrogens with zero attached hydrogens (tertiary/aromatic N) is 6. The van der Waals surface area contributed by atoms with Crippen molar-refractivity contribution in [2.24, 2.45) is 71.0 Å². The minimum Gasteiger partial charge on any atom is -0.278 e. The van der Waals surface area contributed by atoms with E-state index >= 15 is 0 Å². The Morgan fingerprint density at radius 2 is 0.507 bits per heavy atom. The van der Waals surface area contributed by atoms with Crippen LogP contribution in [0.25, 0.3) is 65.4 Å². The fraction of sp³-hybridized carbons (Fsp3) is 0.656.